The van der Waals surface area contributed by atoms with E-state index < -0.39 is 17.9 Å². The number of carbonyl (C=O) groups is 1. The van der Waals surface area contributed by atoms with Crippen LogP contribution in [0, 0.1) is 20.8 Å². The van der Waals surface area contributed by atoms with Crippen LogP contribution in [0.5, 0.6) is 0 Å². The molecular formula is C21H22N4O2. The monoisotopic (exact) mass is 362 g/mol. The Balaban J connectivity index is 2.27. The van der Waals surface area contributed by atoms with Gasteiger partial charge in [0.1, 0.15) is 6.04 Å². The van der Waals surface area contributed by atoms with Crippen molar-refractivity contribution in [2.24, 2.45) is 5.11 Å². The molecule has 0 aliphatic heterocycles. The van der Waals surface area contributed by atoms with Gasteiger partial charge in [-0.15, -0.1) is 0 Å². The van der Waals surface area contributed by atoms with Gasteiger partial charge in [-0.25, -0.2) is 0 Å². The number of hydrogen-bond donors (Lipinski definition) is 1. The number of para-hydroxylation sites is 1. The first-order valence-corrected chi connectivity index (χ1v) is 8.80. The molecule has 0 spiro atoms. The summed E-state index contributed by atoms with van der Waals surface area (Å²) in [7, 11) is 0. The number of benzene rings is 2. The molecule has 2 unspecified atom stereocenters. The number of rotatable bonds is 5. The molecule has 6 heteroatoms. The Morgan fingerprint density at radius 2 is 1.81 bits per heavy atom. The molecule has 1 N–H and O–H groups in total. The third-order valence-corrected chi connectivity index (χ3v) is 5.01. The van der Waals surface area contributed by atoms with E-state index in [1.165, 1.54) is 5.56 Å². The summed E-state index contributed by atoms with van der Waals surface area (Å²) in [6.45, 7) is 8.01. The fourth-order valence-electron chi connectivity index (χ4n) is 3.90. The smallest absolute Gasteiger partial charge is 0.313 e. The summed E-state index contributed by atoms with van der Waals surface area (Å²) in [5.74, 6) is -1.59. The zero-order chi connectivity index (χ0) is 19.7. The number of carboxylic acids is 1. The average Bonchev–Trinajstić information content (AvgIpc) is 2.97. The molecule has 0 saturated carbocycles. The minimum atomic E-state index is -1.16. The number of carboxylic acid groups (broad SMARTS) is 1. The van der Waals surface area contributed by atoms with E-state index in [4.69, 9.17) is 5.53 Å². The molecule has 27 heavy (non-hydrogen) atoms. The van der Waals surface area contributed by atoms with Crippen molar-refractivity contribution in [2.45, 2.75) is 39.7 Å². The van der Waals surface area contributed by atoms with E-state index in [-0.39, 0.29) is 0 Å². The summed E-state index contributed by atoms with van der Waals surface area (Å²) in [5.41, 5.74) is 15.2. The highest BCUT2D eigenvalue weighted by Gasteiger charge is 2.28. The second kappa shape index (κ2) is 7.17. The molecule has 0 fully saturated rings. The summed E-state index contributed by atoms with van der Waals surface area (Å²) in [4.78, 5) is 14.3. The summed E-state index contributed by atoms with van der Waals surface area (Å²) >= 11 is 0. The average molecular weight is 362 g/mol. The summed E-state index contributed by atoms with van der Waals surface area (Å²) in [5, 5.41) is 13.9. The van der Waals surface area contributed by atoms with E-state index in [1.807, 2.05) is 30.5 Å². The van der Waals surface area contributed by atoms with Gasteiger partial charge in [-0.2, -0.15) is 0 Å². The SMILES string of the molecule is Cc1cc(C)c(-n2cc(C(C)C(N=[N+]=[N-])C(=O)O)c3ccccc32)c(C)c1. The largest absolute Gasteiger partial charge is 0.481 e. The van der Waals surface area contributed by atoms with Gasteiger partial charge in [0.15, 0.2) is 0 Å². The van der Waals surface area contributed by atoms with E-state index >= 15 is 0 Å². The first-order valence-electron chi connectivity index (χ1n) is 8.80. The lowest BCUT2D eigenvalue weighted by Gasteiger charge is -2.15. The molecule has 0 radical (unpaired) electrons. The third-order valence-electron chi connectivity index (χ3n) is 5.01. The summed E-state index contributed by atoms with van der Waals surface area (Å²) in [6, 6.07) is 11.0. The van der Waals surface area contributed by atoms with Gasteiger partial charge in [-0.05, 0) is 49.1 Å². The topological polar surface area (TPSA) is 91.0 Å². The molecule has 0 aliphatic rings. The van der Waals surface area contributed by atoms with Gasteiger partial charge >= 0.3 is 5.97 Å². The predicted octanol–water partition coefficient (Wildman–Crippen LogP) is 5.42. The number of aryl methyl sites for hydroxylation is 3. The van der Waals surface area contributed by atoms with Crippen LogP contribution < -0.4 is 0 Å². The molecule has 0 bridgehead atoms. The van der Waals surface area contributed by atoms with Crippen LogP contribution in [0.4, 0.5) is 0 Å². The van der Waals surface area contributed by atoms with Crippen LogP contribution in [0.25, 0.3) is 27.0 Å². The van der Waals surface area contributed by atoms with Crippen molar-refractivity contribution in [1.29, 1.82) is 0 Å². The molecule has 3 rings (SSSR count). The normalized spacial score (nSPS) is 13.2. The van der Waals surface area contributed by atoms with E-state index in [1.54, 1.807) is 6.92 Å². The van der Waals surface area contributed by atoms with Crippen LogP contribution in [0.15, 0.2) is 47.7 Å². The van der Waals surface area contributed by atoms with E-state index in [2.05, 4.69) is 47.5 Å². The summed E-state index contributed by atoms with van der Waals surface area (Å²) < 4.78 is 2.11. The van der Waals surface area contributed by atoms with Gasteiger partial charge in [0.05, 0.1) is 11.2 Å². The van der Waals surface area contributed by atoms with Crippen LogP contribution in [-0.2, 0) is 4.79 Å². The Kier molecular flexibility index (Phi) is 4.93. The van der Waals surface area contributed by atoms with Crippen LogP contribution in [-0.4, -0.2) is 21.7 Å². The van der Waals surface area contributed by atoms with Crippen molar-refractivity contribution in [3.8, 4) is 5.69 Å². The standard InChI is InChI=1S/C21H22N4O2/c1-12-9-13(2)20(14(3)10-12)25-11-17(16-7-5-6-8-18(16)25)15(4)19(21(26)27)23-24-22/h5-11,15,19H,1-4H3,(H,26,27). The number of nitrogens with zero attached hydrogens (tertiary/aromatic N) is 4. The molecule has 2 atom stereocenters. The van der Waals surface area contributed by atoms with Gasteiger partial charge < -0.3 is 9.67 Å². The molecule has 3 aromatic rings. The molecule has 0 aliphatic carbocycles. The Morgan fingerprint density at radius 1 is 1.19 bits per heavy atom. The lowest BCUT2D eigenvalue weighted by molar-refractivity contribution is -0.138. The van der Waals surface area contributed by atoms with Gasteiger partial charge in [-0.1, -0.05) is 47.9 Å². The van der Waals surface area contributed by atoms with Crippen molar-refractivity contribution in [1.82, 2.24) is 4.57 Å². The minimum absolute atomic E-state index is 0.462. The maximum absolute atomic E-state index is 11.6. The maximum atomic E-state index is 11.6. The molecule has 2 aromatic carbocycles. The van der Waals surface area contributed by atoms with Gasteiger partial charge in [0, 0.05) is 22.4 Å². The fraction of sp³-hybridized carbons (Fsp3) is 0.286. The van der Waals surface area contributed by atoms with E-state index in [9.17, 15) is 9.90 Å². The molecule has 138 valence electrons. The lowest BCUT2D eigenvalue weighted by Crippen LogP contribution is -2.23. The molecule has 0 saturated heterocycles. The van der Waals surface area contributed by atoms with Gasteiger partial charge in [-0.3, -0.25) is 4.79 Å². The van der Waals surface area contributed by atoms with E-state index in [0.29, 0.717) is 0 Å². The van der Waals surface area contributed by atoms with Crippen molar-refractivity contribution >= 4 is 16.9 Å². The number of aliphatic carboxylic acids is 1. The number of fused-ring (bicyclic) bond motifs is 1. The molecule has 0 amide bonds. The fourth-order valence-corrected chi connectivity index (χ4v) is 3.90. The van der Waals surface area contributed by atoms with Crippen LogP contribution in [0.3, 0.4) is 0 Å². The Hall–Kier alpha value is -3.24. The Morgan fingerprint density at radius 3 is 2.41 bits per heavy atom. The summed E-state index contributed by atoms with van der Waals surface area (Å²) in [6.07, 6.45) is 1.98. The second-order valence-electron chi connectivity index (χ2n) is 7.00. The highest BCUT2D eigenvalue weighted by Crippen LogP contribution is 2.34. The number of azide groups is 1. The first-order chi connectivity index (χ1) is 12.8. The van der Waals surface area contributed by atoms with Crippen molar-refractivity contribution in [2.75, 3.05) is 0 Å². The molecule has 1 heterocycles. The lowest BCUT2D eigenvalue weighted by atomic mass is 9.93. The van der Waals surface area contributed by atoms with Crippen LogP contribution >= 0.6 is 0 Å². The van der Waals surface area contributed by atoms with Gasteiger partial charge in [0.25, 0.3) is 0 Å². The van der Waals surface area contributed by atoms with Crippen molar-refractivity contribution in [3.63, 3.8) is 0 Å². The zero-order valence-corrected chi connectivity index (χ0v) is 15.8. The van der Waals surface area contributed by atoms with Crippen molar-refractivity contribution < 1.29 is 9.90 Å². The minimum Gasteiger partial charge on any atom is -0.481 e. The van der Waals surface area contributed by atoms with Crippen molar-refractivity contribution in [3.05, 3.63) is 75.3 Å². The molecule has 1 aromatic heterocycles. The quantitative estimate of drug-likeness (QED) is 0.373. The number of aromatic nitrogens is 1. The second-order valence-corrected chi connectivity index (χ2v) is 7.00. The zero-order valence-electron chi connectivity index (χ0n) is 15.8. The molecular weight excluding hydrogens is 340 g/mol. The van der Waals surface area contributed by atoms with Crippen LogP contribution in [0.1, 0.15) is 35.1 Å². The Labute approximate surface area is 157 Å². The third kappa shape index (κ3) is 3.27. The maximum Gasteiger partial charge on any atom is 0.313 e. The first kappa shape index (κ1) is 18.5. The van der Waals surface area contributed by atoms with Crippen LogP contribution in [0.2, 0.25) is 0 Å². The number of hydrogen-bond acceptors (Lipinski definition) is 2. The van der Waals surface area contributed by atoms with Gasteiger partial charge in [0.2, 0.25) is 0 Å². The predicted molar refractivity (Wildman–Crippen MR) is 106 cm³/mol. The van der Waals surface area contributed by atoms with E-state index in [0.717, 1.165) is 33.3 Å². The molecule has 6 nitrogen and oxygen atoms in total. The highest BCUT2D eigenvalue weighted by molar-refractivity contribution is 5.88. The highest BCUT2D eigenvalue weighted by atomic mass is 16.4. The Bertz CT molecular complexity index is 1050.